The lowest BCUT2D eigenvalue weighted by molar-refractivity contribution is 0.0937. The normalized spacial score (nSPS) is 22.8. The van der Waals surface area contributed by atoms with Crippen LogP contribution in [0.25, 0.3) is 0 Å². The molecule has 1 aliphatic rings. The van der Waals surface area contributed by atoms with Crippen LogP contribution in [0.3, 0.4) is 0 Å². The Morgan fingerprint density at radius 2 is 2.05 bits per heavy atom. The summed E-state index contributed by atoms with van der Waals surface area (Å²) < 4.78 is 23.2. The Labute approximate surface area is 131 Å². The van der Waals surface area contributed by atoms with Crippen LogP contribution in [0.1, 0.15) is 36.5 Å². The number of amides is 1. The number of hydrogen-bond acceptors (Lipinski definition) is 3. The summed E-state index contributed by atoms with van der Waals surface area (Å²) in [6, 6.07) is 4.41. The van der Waals surface area contributed by atoms with Gasteiger partial charge in [-0.05, 0) is 43.4 Å². The summed E-state index contributed by atoms with van der Waals surface area (Å²) in [7, 11) is 1.46. The van der Waals surface area contributed by atoms with Crippen molar-refractivity contribution in [3.05, 3.63) is 28.2 Å². The number of nitrogens with one attached hydrogen (secondary N) is 1. The summed E-state index contributed by atoms with van der Waals surface area (Å²) in [5.74, 6) is 0.341. The third kappa shape index (κ3) is 3.96. The van der Waals surface area contributed by atoms with Gasteiger partial charge in [-0.2, -0.15) is 0 Å². The van der Waals surface area contributed by atoms with Gasteiger partial charge in [0.1, 0.15) is 0 Å². The zero-order valence-electron chi connectivity index (χ0n) is 10.9. The van der Waals surface area contributed by atoms with Gasteiger partial charge in [0.25, 0.3) is 15.0 Å². The van der Waals surface area contributed by atoms with E-state index >= 15 is 0 Å². The molecule has 1 N–H and O–H groups in total. The highest BCUT2D eigenvalue weighted by Crippen LogP contribution is 2.26. The van der Waals surface area contributed by atoms with Crippen molar-refractivity contribution in [3.8, 4) is 0 Å². The fourth-order valence-electron chi connectivity index (χ4n) is 2.44. The highest BCUT2D eigenvalue weighted by atomic mass is 79.9. The van der Waals surface area contributed by atoms with Crippen LogP contribution in [0.2, 0.25) is 0 Å². The molecule has 110 valence electrons. The van der Waals surface area contributed by atoms with E-state index < -0.39 is 9.05 Å². The summed E-state index contributed by atoms with van der Waals surface area (Å²) >= 11 is 3.19. The van der Waals surface area contributed by atoms with E-state index in [1.165, 1.54) is 12.1 Å². The van der Waals surface area contributed by atoms with E-state index in [2.05, 4.69) is 28.2 Å². The molecule has 2 atom stereocenters. The molecule has 1 aromatic rings. The first kappa shape index (κ1) is 15.8. The highest BCUT2D eigenvalue weighted by molar-refractivity contribution is 9.10. The Kier molecular flexibility index (Phi) is 4.76. The molecule has 1 amide bonds. The van der Waals surface area contributed by atoms with Crippen LogP contribution >= 0.6 is 26.6 Å². The van der Waals surface area contributed by atoms with Gasteiger partial charge in [0.15, 0.2) is 0 Å². The Bertz CT molecular complexity index is 633. The molecule has 0 aromatic heterocycles. The van der Waals surface area contributed by atoms with E-state index in [0.717, 1.165) is 19.3 Å². The van der Waals surface area contributed by atoms with Crippen LogP contribution in [-0.2, 0) is 9.05 Å². The standard InChI is InChI=1S/C13H15BrClNO3S/c1-8-2-3-11(4-8)16-13(17)9-5-10(14)7-12(6-9)20(15,18)19/h5-8,11H,2-4H2,1H3,(H,16,17). The first-order valence-corrected chi connectivity index (χ1v) is 9.42. The summed E-state index contributed by atoms with van der Waals surface area (Å²) in [6.07, 6.45) is 3.02. The summed E-state index contributed by atoms with van der Waals surface area (Å²) in [6.45, 7) is 2.16. The van der Waals surface area contributed by atoms with Crippen molar-refractivity contribution in [2.24, 2.45) is 5.92 Å². The predicted molar refractivity (Wildman–Crippen MR) is 81.5 cm³/mol. The molecular formula is C13H15BrClNO3S. The van der Waals surface area contributed by atoms with Gasteiger partial charge in [-0.15, -0.1) is 0 Å². The number of rotatable bonds is 3. The third-order valence-corrected chi connectivity index (χ3v) is 5.24. The SMILES string of the molecule is CC1CCC(NC(=O)c2cc(Br)cc(S(=O)(=O)Cl)c2)C1. The average molecular weight is 381 g/mol. The number of carbonyl (C=O) groups excluding carboxylic acids is 1. The molecule has 2 unspecified atom stereocenters. The topological polar surface area (TPSA) is 63.2 Å². The molecule has 0 heterocycles. The van der Waals surface area contributed by atoms with Crippen LogP contribution in [0.5, 0.6) is 0 Å². The lowest BCUT2D eigenvalue weighted by Gasteiger charge is -2.13. The van der Waals surface area contributed by atoms with Crippen molar-refractivity contribution >= 4 is 41.6 Å². The molecule has 0 radical (unpaired) electrons. The second-order valence-electron chi connectivity index (χ2n) is 5.20. The molecule has 4 nitrogen and oxygen atoms in total. The summed E-state index contributed by atoms with van der Waals surface area (Å²) in [5.41, 5.74) is 0.290. The van der Waals surface area contributed by atoms with Crippen LogP contribution in [-0.4, -0.2) is 20.4 Å². The molecule has 7 heteroatoms. The monoisotopic (exact) mass is 379 g/mol. The molecule has 20 heavy (non-hydrogen) atoms. The van der Waals surface area contributed by atoms with Gasteiger partial charge in [0.05, 0.1) is 4.90 Å². The van der Waals surface area contributed by atoms with Gasteiger partial charge in [0, 0.05) is 26.8 Å². The highest BCUT2D eigenvalue weighted by Gasteiger charge is 2.24. The molecule has 1 fully saturated rings. The fourth-order valence-corrected chi connectivity index (χ4v) is 3.89. The first-order chi connectivity index (χ1) is 9.25. The summed E-state index contributed by atoms with van der Waals surface area (Å²) in [5, 5.41) is 2.93. The lowest BCUT2D eigenvalue weighted by Crippen LogP contribution is -2.32. The average Bonchev–Trinajstić information content (AvgIpc) is 2.72. The molecule has 1 aromatic carbocycles. The Balaban J connectivity index is 2.20. The van der Waals surface area contributed by atoms with E-state index in [1.54, 1.807) is 6.07 Å². The fraction of sp³-hybridized carbons (Fsp3) is 0.462. The van der Waals surface area contributed by atoms with E-state index in [4.69, 9.17) is 10.7 Å². The van der Waals surface area contributed by atoms with Crippen LogP contribution < -0.4 is 5.32 Å². The van der Waals surface area contributed by atoms with Crippen molar-refractivity contribution in [2.75, 3.05) is 0 Å². The predicted octanol–water partition coefficient (Wildman–Crippen LogP) is 3.30. The van der Waals surface area contributed by atoms with Crippen molar-refractivity contribution in [3.63, 3.8) is 0 Å². The van der Waals surface area contributed by atoms with Gasteiger partial charge < -0.3 is 5.32 Å². The van der Waals surface area contributed by atoms with Gasteiger partial charge in [0.2, 0.25) is 0 Å². The zero-order valence-corrected chi connectivity index (χ0v) is 14.1. The maximum atomic E-state index is 12.2. The summed E-state index contributed by atoms with van der Waals surface area (Å²) in [4.78, 5) is 12.1. The third-order valence-electron chi connectivity index (χ3n) is 3.45. The quantitative estimate of drug-likeness (QED) is 0.818. The lowest BCUT2D eigenvalue weighted by atomic mass is 10.1. The van der Waals surface area contributed by atoms with E-state index in [9.17, 15) is 13.2 Å². The molecular weight excluding hydrogens is 366 g/mol. The van der Waals surface area contributed by atoms with Crippen LogP contribution in [0.15, 0.2) is 27.6 Å². The minimum absolute atomic E-state index is 0.0847. The molecule has 0 aliphatic heterocycles. The number of carbonyl (C=O) groups is 1. The Hall–Kier alpha value is -0.590. The Morgan fingerprint density at radius 1 is 1.35 bits per heavy atom. The largest absolute Gasteiger partial charge is 0.349 e. The number of benzene rings is 1. The van der Waals surface area contributed by atoms with Gasteiger partial charge in [-0.1, -0.05) is 22.9 Å². The van der Waals surface area contributed by atoms with Crippen molar-refractivity contribution in [2.45, 2.75) is 37.1 Å². The first-order valence-electron chi connectivity index (χ1n) is 6.32. The molecule has 1 aliphatic carbocycles. The van der Waals surface area contributed by atoms with E-state index in [0.29, 0.717) is 10.4 Å². The maximum Gasteiger partial charge on any atom is 0.261 e. The van der Waals surface area contributed by atoms with E-state index in [-0.39, 0.29) is 22.4 Å². The molecule has 1 saturated carbocycles. The van der Waals surface area contributed by atoms with Crippen molar-refractivity contribution < 1.29 is 13.2 Å². The number of hydrogen-bond donors (Lipinski definition) is 1. The van der Waals surface area contributed by atoms with Crippen LogP contribution in [0.4, 0.5) is 0 Å². The van der Waals surface area contributed by atoms with Crippen LogP contribution in [0, 0.1) is 5.92 Å². The second kappa shape index (κ2) is 6.03. The van der Waals surface area contributed by atoms with Gasteiger partial charge >= 0.3 is 0 Å². The molecule has 0 saturated heterocycles. The van der Waals surface area contributed by atoms with E-state index in [1.807, 2.05) is 0 Å². The Morgan fingerprint density at radius 3 is 2.60 bits per heavy atom. The minimum Gasteiger partial charge on any atom is -0.349 e. The van der Waals surface area contributed by atoms with Gasteiger partial charge in [-0.25, -0.2) is 8.42 Å². The molecule has 0 bridgehead atoms. The maximum absolute atomic E-state index is 12.2. The molecule has 2 rings (SSSR count). The minimum atomic E-state index is -3.86. The molecule has 0 spiro atoms. The number of halogens is 2. The smallest absolute Gasteiger partial charge is 0.261 e. The second-order valence-corrected chi connectivity index (χ2v) is 8.68. The van der Waals surface area contributed by atoms with Gasteiger partial charge in [-0.3, -0.25) is 4.79 Å². The van der Waals surface area contributed by atoms with Crippen molar-refractivity contribution in [1.82, 2.24) is 5.32 Å². The van der Waals surface area contributed by atoms with Crippen molar-refractivity contribution in [1.29, 1.82) is 0 Å². The zero-order chi connectivity index (χ0) is 14.9.